The zero-order valence-corrected chi connectivity index (χ0v) is 16.1. The predicted molar refractivity (Wildman–Crippen MR) is 99.1 cm³/mol. The van der Waals surface area contributed by atoms with Crippen LogP contribution in [0.4, 0.5) is 5.82 Å². The van der Waals surface area contributed by atoms with E-state index in [0.717, 1.165) is 11.5 Å². The quantitative estimate of drug-likeness (QED) is 0.703. The molecule has 1 fully saturated rings. The molecule has 3 rings (SSSR count). The normalized spacial score (nSPS) is 17.8. The molecule has 0 unspecified atom stereocenters. The Labute approximate surface area is 159 Å². The van der Waals surface area contributed by atoms with Crippen LogP contribution in [0.3, 0.4) is 0 Å². The van der Waals surface area contributed by atoms with E-state index in [1.165, 1.54) is 0 Å². The van der Waals surface area contributed by atoms with Crippen molar-refractivity contribution in [2.24, 2.45) is 5.92 Å². The van der Waals surface area contributed by atoms with Crippen LogP contribution in [0.5, 0.6) is 0 Å². The number of nitrogens with zero attached hydrogens (tertiary/aromatic N) is 4. The molecule has 27 heavy (non-hydrogen) atoms. The number of ether oxygens (including phenoxy) is 1. The van der Waals surface area contributed by atoms with E-state index in [9.17, 15) is 14.4 Å². The van der Waals surface area contributed by atoms with E-state index in [0.29, 0.717) is 64.9 Å². The average Bonchev–Trinajstić information content (AvgIpc) is 3.04. The molecule has 0 radical (unpaired) electrons. The van der Waals surface area contributed by atoms with Gasteiger partial charge in [0.25, 0.3) is 0 Å². The number of likely N-dealkylation sites (tertiary alicyclic amines) is 1. The van der Waals surface area contributed by atoms with Crippen molar-refractivity contribution in [3.63, 3.8) is 0 Å². The summed E-state index contributed by atoms with van der Waals surface area (Å²) in [5.41, 5.74) is 0.894. The summed E-state index contributed by atoms with van der Waals surface area (Å²) in [5.74, 6) is 0.756. The van der Waals surface area contributed by atoms with Gasteiger partial charge >= 0.3 is 5.97 Å². The Hall–Kier alpha value is -2.38. The molecule has 3 heterocycles. The summed E-state index contributed by atoms with van der Waals surface area (Å²) < 4.78 is 6.92. The number of carbonyl (C=O) groups is 3. The minimum absolute atomic E-state index is 0.0881. The predicted octanol–water partition coefficient (Wildman–Crippen LogP) is 1.51. The first-order valence-corrected chi connectivity index (χ1v) is 9.78. The number of anilines is 1. The maximum Gasteiger partial charge on any atom is 0.309 e. The standard InChI is InChI=1S/C19H28N4O4/c1-3-27-19(26)15-6-10-21(11-7-15)17(24)5-4-9-22-16-13-14(2)20-23(16)12-8-18(22)25/h13,15H,3-12H2,1-2H3. The number of hydrogen-bond acceptors (Lipinski definition) is 5. The van der Waals surface area contributed by atoms with Crippen molar-refractivity contribution < 1.29 is 19.1 Å². The van der Waals surface area contributed by atoms with Gasteiger partial charge in [-0.3, -0.25) is 19.3 Å². The Kier molecular flexibility index (Phi) is 6.13. The Morgan fingerprint density at radius 1 is 1.26 bits per heavy atom. The third kappa shape index (κ3) is 4.48. The summed E-state index contributed by atoms with van der Waals surface area (Å²) in [5, 5.41) is 4.40. The molecule has 1 aromatic heterocycles. The topological polar surface area (TPSA) is 84.7 Å². The third-order valence-corrected chi connectivity index (χ3v) is 5.24. The summed E-state index contributed by atoms with van der Waals surface area (Å²) >= 11 is 0. The van der Waals surface area contributed by atoms with E-state index in [1.54, 1.807) is 11.8 Å². The zero-order valence-electron chi connectivity index (χ0n) is 16.1. The summed E-state index contributed by atoms with van der Waals surface area (Å²) in [7, 11) is 0. The molecule has 2 aliphatic heterocycles. The molecule has 0 saturated carbocycles. The van der Waals surface area contributed by atoms with E-state index < -0.39 is 0 Å². The van der Waals surface area contributed by atoms with Gasteiger partial charge in [-0.2, -0.15) is 5.10 Å². The van der Waals surface area contributed by atoms with Crippen molar-refractivity contribution in [3.8, 4) is 0 Å². The molecule has 148 valence electrons. The SMILES string of the molecule is CCOC(=O)C1CCN(C(=O)CCCN2C(=O)CCn3nc(C)cc32)CC1. The molecule has 0 spiro atoms. The van der Waals surface area contributed by atoms with Crippen molar-refractivity contribution in [2.75, 3.05) is 31.1 Å². The molecular weight excluding hydrogens is 348 g/mol. The van der Waals surface area contributed by atoms with Crippen LogP contribution in [0.2, 0.25) is 0 Å². The monoisotopic (exact) mass is 376 g/mol. The molecule has 2 aliphatic rings. The number of fused-ring (bicyclic) bond motifs is 1. The first-order valence-electron chi connectivity index (χ1n) is 9.78. The molecule has 8 heteroatoms. The Balaban J connectivity index is 1.45. The highest BCUT2D eigenvalue weighted by molar-refractivity contribution is 5.93. The van der Waals surface area contributed by atoms with E-state index >= 15 is 0 Å². The number of esters is 1. The second-order valence-electron chi connectivity index (χ2n) is 7.17. The van der Waals surface area contributed by atoms with Gasteiger partial charge in [0.1, 0.15) is 5.82 Å². The van der Waals surface area contributed by atoms with Gasteiger partial charge in [-0.15, -0.1) is 0 Å². The highest BCUT2D eigenvalue weighted by Crippen LogP contribution is 2.23. The van der Waals surface area contributed by atoms with Gasteiger partial charge in [-0.1, -0.05) is 0 Å². The summed E-state index contributed by atoms with van der Waals surface area (Å²) in [6.07, 6.45) is 2.79. The first-order chi connectivity index (χ1) is 13.0. The van der Waals surface area contributed by atoms with Crippen LogP contribution in [0.15, 0.2) is 6.07 Å². The summed E-state index contributed by atoms with van der Waals surface area (Å²) in [4.78, 5) is 40.1. The number of aryl methyl sites for hydroxylation is 2. The second kappa shape index (κ2) is 8.54. The zero-order chi connectivity index (χ0) is 19.4. The minimum Gasteiger partial charge on any atom is -0.466 e. The van der Waals surface area contributed by atoms with Gasteiger partial charge < -0.3 is 9.64 Å². The van der Waals surface area contributed by atoms with Crippen LogP contribution in [0.25, 0.3) is 0 Å². The number of aromatic nitrogens is 2. The molecule has 0 N–H and O–H groups in total. The molecule has 1 aromatic rings. The van der Waals surface area contributed by atoms with Crippen molar-refractivity contribution in [1.29, 1.82) is 0 Å². The lowest BCUT2D eigenvalue weighted by molar-refractivity contribution is -0.151. The fraction of sp³-hybridized carbons (Fsp3) is 0.684. The number of hydrogen-bond donors (Lipinski definition) is 0. The largest absolute Gasteiger partial charge is 0.466 e. The fourth-order valence-electron chi connectivity index (χ4n) is 3.79. The number of rotatable bonds is 6. The van der Waals surface area contributed by atoms with Crippen molar-refractivity contribution in [2.45, 2.75) is 52.5 Å². The van der Waals surface area contributed by atoms with Gasteiger partial charge in [-0.05, 0) is 33.1 Å². The molecule has 0 atom stereocenters. The third-order valence-electron chi connectivity index (χ3n) is 5.24. The Bertz CT molecular complexity index is 707. The molecule has 0 aliphatic carbocycles. The number of carbonyl (C=O) groups excluding carboxylic acids is 3. The van der Waals surface area contributed by atoms with Crippen LogP contribution in [-0.2, 0) is 25.7 Å². The smallest absolute Gasteiger partial charge is 0.309 e. The molecule has 8 nitrogen and oxygen atoms in total. The maximum atomic E-state index is 12.5. The highest BCUT2D eigenvalue weighted by Gasteiger charge is 2.29. The second-order valence-corrected chi connectivity index (χ2v) is 7.17. The van der Waals surface area contributed by atoms with Gasteiger partial charge in [-0.25, -0.2) is 4.68 Å². The van der Waals surface area contributed by atoms with E-state index in [2.05, 4.69) is 5.10 Å². The maximum absolute atomic E-state index is 12.5. The Morgan fingerprint density at radius 2 is 2.00 bits per heavy atom. The minimum atomic E-state index is -0.153. The first kappa shape index (κ1) is 19.4. The molecule has 2 amide bonds. The van der Waals surface area contributed by atoms with Crippen LogP contribution >= 0.6 is 0 Å². The van der Waals surface area contributed by atoms with Crippen LogP contribution < -0.4 is 4.90 Å². The lowest BCUT2D eigenvalue weighted by Crippen LogP contribution is -2.41. The molecule has 0 bridgehead atoms. The van der Waals surface area contributed by atoms with Gasteiger partial charge in [0.05, 0.1) is 24.8 Å². The summed E-state index contributed by atoms with van der Waals surface area (Å²) in [6.45, 7) is 6.44. The van der Waals surface area contributed by atoms with E-state index in [1.807, 2.05) is 22.6 Å². The molecule has 1 saturated heterocycles. The lowest BCUT2D eigenvalue weighted by atomic mass is 9.96. The van der Waals surface area contributed by atoms with Crippen LogP contribution in [0.1, 0.15) is 44.7 Å². The molecular formula is C19H28N4O4. The van der Waals surface area contributed by atoms with Gasteiger partial charge in [0, 0.05) is 38.5 Å². The van der Waals surface area contributed by atoms with Gasteiger partial charge in [0.2, 0.25) is 11.8 Å². The fourth-order valence-corrected chi connectivity index (χ4v) is 3.79. The number of amides is 2. The summed E-state index contributed by atoms with van der Waals surface area (Å²) in [6, 6.07) is 1.92. The molecule has 0 aromatic carbocycles. The Morgan fingerprint density at radius 3 is 2.70 bits per heavy atom. The lowest BCUT2D eigenvalue weighted by Gasteiger charge is -2.31. The van der Waals surface area contributed by atoms with Crippen LogP contribution in [-0.4, -0.2) is 58.7 Å². The van der Waals surface area contributed by atoms with E-state index in [4.69, 9.17) is 4.74 Å². The number of piperidine rings is 1. The van der Waals surface area contributed by atoms with Crippen molar-refractivity contribution >= 4 is 23.6 Å². The van der Waals surface area contributed by atoms with Crippen molar-refractivity contribution in [3.05, 3.63) is 11.8 Å². The highest BCUT2D eigenvalue weighted by atomic mass is 16.5. The van der Waals surface area contributed by atoms with Crippen LogP contribution in [0, 0.1) is 12.8 Å². The van der Waals surface area contributed by atoms with Gasteiger partial charge in [0.15, 0.2) is 0 Å². The van der Waals surface area contributed by atoms with Crippen molar-refractivity contribution in [1.82, 2.24) is 14.7 Å². The van der Waals surface area contributed by atoms with E-state index in [-0.39, 0.29) is 23.7 Å². The average molecular weight is 376 g/mol.